The number of hydrogen-bond donors (Lipinski definition) is 2. The maximum Gasteiger partial charge on any atom is 0.414 e. The highest BCUT2D eigenvalue weighted by molar-refractivity contribution is 6.27. The summed E-state index contributed by atoms with van der Waals surface area (Å²) in [5.41, 5.74) is -0.592. The number of amides is 1. The summed E-state index contributed by atoms with van der Waals surface area (Å²) in [5.74, 6) is -2.59. The van der Waals surface area contributed by atoms with Crippen LogP contribution in [0.5, 0.6) is 0 Å². The number of anilines is 1. The van der Waals surface area contributed by atoms with Crippen molar-refractivity contribution in [1.82, 2.24) is 14.8 Å². The van der Waals surface area contributed by atoms with Gasteiger partial charge < -0.3 is 20.0 Å². The molecule has 1 aromatic heterocycles. The maximum absolute atomic E-state index is 12.7. The number of aromatic nitrogens is 1. The SMILES string of the molecule is CN(C(=O)CN1CCN(c2ccccn2)CC1)C1(C#N)CCCCC1.O=C(O)C(=O)O. The third-order valence-corrected chi connectivity index (χ3v) is 5.79. The lowest BCUT2D eigenvalue weighted by Gasteiger charge is -2.41. The number of carboxylic acids is 2. The van der Waals surface area contributed by atoms with Gasteiger partial charge in [0.05, 0.1) is 12.6 Å². The molecular formula is C21H29N5O5. The highest BCUT2D eigenvalue weighted by atomic mass is 16.4. The number of carbonyl (C=O) groups is 3. The number of carbonyl (C=O) groups excluding carboxylic acids is 1. The Bertz CT molecular complexity index is 784. The molecule has 1 amide bonds. The molecule has 2 aliphatic rings. The summed E-state index contributed by atoms with van der Waals surface area (Å²) in [6.07, 6.45) is 6.66. The van der Waals surface area contributed by atoms with Crippen molar-refractivity contribution in [3.63, 3.8) is 0 Å². The van der Waals surface area contributed by atoms with E-state index in [2.05, 4.69) is 20.9 Å². The molecule has 1 aliphatic carbocycles. The van der Waals surface area contributed by atoms with Gasteiger partial charge in [0.25, 0.3) is 0 Å². The number of rotatable bonds is 4. The Balaban J connectivity index is 0.000000501. The molecule has 31 heavy (non-hydrogen) atoms. The van der Waals surface area contributed by atoms with E-state index in [1.165, 1.54) is 6.42 Å². The second kappa shape index (κ2) is 11.3. The standard InChI is InChI=1S/C19H27N5O.C2H2O4/c1-22(19(16-20)8-4-2-5-9-19)18(25)15-23-11-13-24(14-12-23)17-7-3-6-10-21-17;3-1(4)2(5)6/h3,6-7,10H,2,4-5,8-9,11-15H2,1H3;(H,3,4)(H,5,6). The van der Waals surface area contributed by atoms with Crippen LogP contribution in [0.4, 0.5) is 5.82 Å². The van der Waals surface area contributed by atoms with E-state index in [4.69, 9.17) is 19.8 Å². The largest absolute Gasteiger partial charge is 0.473 e. The zero-order chi connectivity index (χ0) is 22.9. The van der Waals surface area contributed by atoms with Gasteiger partial charge in [-0.15, -0.1) is 0 Å². The van der Waals surface area contributed by atoms with Gasteiger partial charge in [-0.3, -0.25) is 9.69 Å². The van der Waals surface area contributed by atoms with Gasteiger partial charge >= 0.3 is 11.9 Å². The molecule has 3 rings (SSSR count). The van der Waals surface area contributed by atoms with E-state index in [0.717, 1.165) is 57.7 Å². The quantitative estimate of drug-likeness (QED) is 0.670. The lowest BCUT2D eigenvalue weighted by Crippen LogP contribution is -2.55. The van der Waals surface area contributed by atoms with Crippen molar-refractivity contribution in [2.24, 2.45) is 0 Å². The first-order valence-electron chi connectivity index (χ1n) is 10.3. The van der Waals surface area contributed by atoms with E-state index in [1.54, 1.807) is 11.9 Å². The molecule has 0 bridgehead atoms. The van der Waals surface area contributed by atoms with Gasteiger partial charge in [-0.1, -0.05) is 25.3 Å². The molecule has 1 saturated carbocycles. The van der Waals surface area contributed by atoms with E-state index >= 15 is 0 Å². The van der Waals surface area contributed by atoms with Crippen LogP contribution in [0.2, 0.25) is 0 Å². The molecule has 1 saturated heterocycles. The number of nitrogens with zero attached hydrogens (tertiary/aromatic N) is 5. The van der Waals surface area contributed by atoms with Gasteiger partial charge in [0.1, 0.15) is 11.4 Å². The van der Waals surface area contributed by atoms with Crippen LogP contribution >= 0.6 is 0 Å². The van der Waals surface area contributed by atoms with Gasteiger partial charge in [0, 0.05) is 39.4 Å². The van der Waals surface area contributed by atoms with Crippen LogP contribution < -0.4 is 4.90 Å². The minimum Gasteiger partial charge on any atom is -0.473 e. The summed E-state index contributed by atoms with van der Waals surface area (Å²) in [6, 6.07) is 8.38. The molecule has 10 nitrogen and oxygen atoms in total. The normalized spacial score (nSPS) is 18.1. The first kappa shape index (κ1) is 24.1. The summed E-state index contributed by atoms with van der Waals surface area (Å²) in [5, 5.41) is 24.4. The van der Waals surface area contributed by atoms with Crippen LogP contribution in [0.3, 0.4) is 0 Å². The Morgan fingerprint density at radius 1 is 1.10 bits per heavy atom. The molecule has 2 fully saturated rings. The second-order valence-corrected chi connectivity index (χ2v) is 7.72. The van der Waals surface area contributed by atoms with Crippen molar-refractivity contribution in [1.29, 1.82) is 5.26 Å². The van der Waals surface area contributed by atoms with E-state index in [-0.39, 0.29) is 5.91 Å². The molecule has 0 aromatic carbocycles. The molecule has 2 heterocycles. The maximum atomic E-state index is 12.7. The zero-order valence-corrected chi connectivity index (χ0v) is 17.7. The van der Waals surface area contributed by atoms with Crippen molar-refractivity contribution in [2.75, 3.05) is 44.7 Å². The summed E-state index contributed by atoms with van der Waals surface area (Å²) in [4.78, 5) is 41.5. The van der Waals surface area contributed by atoms with Crippen molar-refractivity contribution in [3.8, 4) is 6.07 Å². The van der Waals surface area contributed by atoms with Crippen LogP contribution in [0.1, 0.15) is 32.1 Å². The highest BCUT2D eigenvalue weighted by Crippen LogP contribution is 2.32. The zero-order valence-electron chi connectivity index (χ0n) is 17.7. The molecule has 0 spiro atoms. The first-order chi connectivity index (χ1) is 14.8. The third kappa shape index (κ3) is 6.65. The van der Waals surface area contributed by atoms with Crippen LogP contribution in [0, 0.1) is 11.3 Å². The van der Waals surface area contributed by atoms with E-state index in [1.807, 2.05) is 24.4 Å². The third-order valence-electron chi connectivity index (χ3n) is 5.79. The molecule has 0 atom stereocenters. The predicted octanol–water partition coefficient (Wildman–Crippen LogP) is 1.04. The minimum atomic E-state index is -1.82. The van der Waals surface area contributed by atoms with E-state index in [9.17, 15) is 10.1 Å². The fraction of sp³-hybridized carbons (Fsp3) is 0.571. The minimum absolute atomic E-state index is 0.0646. The average Bonchev–Trinajstić information content (AvgIpc) is 2.80. The van der Waals surface area contributed by atoms with Crippen LogP contribution in [-0.4, -0.2) is 88.2 Å². The van der Waals surface area contributed by atoms with Crippen molar-refractivity contribution < 1.29 is 24.6 Å². The van der Waals surface area contributed by atoms with Crippen LogP contribution in [-0.2, 0) is 14.4 Å². The van der Waals surface area contributed by atoms with Gasteiger partial charge in [-0.25, -0.2) is 14.6 Å². The van der Waals surface area contributed by atoms with Crippen LogP contribution in [0.15, 0.2) is 24.4 Å². The fourth-order valence-corrected chi connectivity index (χ4v) is 3.87. The average molecular weight is 431 g/mol. The van der Waals surface area contributed by atoms with Crippen molar-refractivity contribution >= 4 is 23.7 Å². The van der Waals surface area contributed by atoms with Crippen molar-refractivity contribution in [3.05, 3.63) is 24.4 Å². The van der Waals surface area contributed by atoms with Gasteiger partial charge in [0.2, 0.25) is 5.91 Å². The molecule has 1 aliphatic heterocycles. The molecule has 2 N–H and O–H groups in total. The summed E-state index contributed by atoms with van der Waals surface area (Å²) >= 11 is 0. The predicted molar refractivity (Wildman–Crippen MR) is 112 cm³/mol. The van der Waals surface area contributed by atoms with Crippen LogP contribution in [0.25, 0.3) is 0 Å². The van der Waals surface area contributed by atoms with E-state index in [0.29, 0.717) is 6.54 Å². The molecular weight excluding hydrogens is 402 g/mol. The Morgan fingerprint density at radius 3 is 2.19 bits per heavy atom. The lowest BCUT2D eigenvalue weighted by atomic mass is 9.81. The fourth-order valence-electron chi connectivity index (χ4n) is 3.87. The number of likely N-dealkylation sites (N-methyl/N-ethyl adjacent to an activating group) is 1. The molecule has 1 aromatic rings. The highest BCUT2D eigenvalue weighted by Gasteiger charge is 2.39. The number of pyridine rings is 1. The first-order valence-corrected chi connectivity index (χ1v) is 10.3. The number of carboxylic acid groups (broad SMARTS) is 2. The van der Waals surface area contributed by atoms with Gasteiger partial charge in [-0.05, 0) is 25.0 Å². The van der Waals surface area contributed by atoms with Crippen molar-refractivity contribution in [2.45, 2.75) is 37.6 Å². The number of nitriles is 1. The number of aliphatic carboxylic acids is 2. The molecule has 10 heteroatoms. The Kier molecular flexibility index (Phi) is 8.75. The number of piperazine rings is 1. The summed E-state index contributed by atoms with van der Waals surface area (Å²) in [6.45, 7) is 3.83. The smallest absolute Gasteiger partial charge is 0.414 e. The topological polar surface area (TPSA) is 138 Å². The lowest BCUT2D eigenvalue weighted by molar-refractivity contribution is -0.159. The van der Waals surface area contributed by atoms with Gasteiger partial charge in [-0.2, -0.15) is 5.26 Å². The monoisotopic (exact) mass is 431 g/mol. The van der Waals surface area contributed by atoms with E-state index < -0.39 is 17.5 Å². The second-order valence-electron chi connectivity index (χ2n) is 7.72. The van der Waals surface area contributed by atoms with Gasteiger partial charge in [0.15, 0.2) is 0 Å². The molecule has 0 unspecified atom stereocenters. The Hall–Kier alpha value is -3.19. The molecule has 168 valence electrons. The Morgan fingerprint density at radius 2 is 1.71 bits per heavy atom. The summed E-state index contributed by atoms with van der Waals surface area (Å²) in [7, 11) is 1.81. The summed E-state index contributed by atoms with van der Waals surface area (Å²) < 4.78 is 0. The Labute approximate surface area is 181 Å². The number of hydrogen-bond acceptors (Lipinski definition) is 7. The molecule has 0 radical (unpaired) electrons.